The van der Waals surface area contributed by atoms with Crippen molar-refractivity contribution < 1.29 is 14.3 Å². The maximum absolute atomic E-state index is 12.1. The van der Waals surface area contributed by atoms with Crippen LogP contribution in [0.1, 0.15) is 14.5 Å². The summed E-state index contributed by atoms with van der Waals surface area (Å²) in [5.74, 6) is 1.33. The summed E-state index contributed by atoms with van der Waals surface area (Å²) >= 11 is 2.76. The number of thiophene rings is 2. The number of ketones is 1. The summed E-state index contributed by atoms with van der Waals surface area (Å²) in [5.41, 5.74) is 0. The standard InChI is InChI=1S/C11H10O3S2/c1-13-7-5-9(16-6-7)10(12)11-8(14-2)3-4-15-11/h3-6H,1-2H3. The summed E-state index contributed by atoms with van der Waals surface area (Å²) in [6.07, 6.45) is 0. The van der Waals surface area contributed by atoms with Crippen molar-refractivity contribution in [2.45, 2.75) is 0 Å². The van der Waals surface area contributed by atoms with Crippen LogP contribution in [-0.4, -0.2) is 20.0 Å². The minimum atomic E-state index is -0.0137. The zero-order valence-corrected chi connectivity index (χ0v) is 10.5. The smallest absolute Gasteiger partial charge is 0.216 e. The van der Waals surface area contributed by atoms with Crippen molar-refractivity contribution in [3.63, 3.8) is 0 Å². The molecule has 0 saturated heterocycles. The Morgan fingerprint density at radius 3 is 2.69 bits per heavy atom. The number of ether oxygens (including phenoxy) is 2. The molecule has 2 rings (SSSR count). The molecular weight excluding hydrogens is 244 g/mol. The molecule has 2 aromatic heterocycles. The number of hydrogen-bond acceptors (Lipinski definition) is 5. The van der Waals surface area contributed by atoms with Gasteiger partial charge in [-0.3, -0.25) is 4.79 Å². The number of carbonyl (C=O) groups is 1. The monoisotopic (exact) mass is 254 g/mol. The highest BCUT2D eigenvalue weighted by Gasteiger charge is 2.17. The van der Waals surface area contributed by atoms with E-state index in [4.69, 9.17) is 9.47 Å². The fourth-order valence-electron chi connectivity index (χ4n) is 1.28. The lowest BCUT2D eigenvalue weighted by Crippen LogP contribution is -1.97. The summed E-state index contributed by atoms with van der Waals surface area (Å²) in [6.45, 7) is 0. The first kappa shape index (κ1) is 11.2. The predicted octanol–water partition coefficient (Wildman–Crippen LogP) is 3.06. The van der Waals surface area contributed by atoms with Gasteiger partial charge in [-0.25, -0.2) is 0 Å². The molecular formula is C11H10O3S2. The van der Waals surface area contributed by atoms with E-state index in [1.165, 1.54) is 22.7 Å². The van der Waals surface area contributed by atoms with E-state index in [2.05, 4.69) is 0 Å². The van der Waals surface area contributed by atoms with E-state index in [0.717, 1.165) is 0 Å². The van der Waals surface area contributed by atoms with Crippen molar-refractivity contribution >= 4 is 28.5 Å². The molecule has 0 aliphatic rings. The highest BCUT2D eigenvalue weighted by molar-refractivity contribution is 7.16. The van der Waals surface area contributed by atoms with Crippen LogP contribution in [0, 0.1) is 0 Å². The van der Waals surface area contributed by atoms with Crippen LogP contribution in [0.5, 0.6) is 11.5 Å². The third kappa shape index (κ3) is 1.96. The molecule has 0 saturated carbocycles. The molecule has 0 amide bonds. The van der Waals surface area contributed by atoms with Crippen molar-refractivity contribution in [1.82, 2.24) is 0 Å². The molecule has 2 heterocycles. The zero-order chi connectivity index (χ0) is 11.5. The van der Waals surface area contributed by atoms with E-state index in [9.17, 15) is 4.79 Å². The second-order valence-corrected chi connectivity index (χ2v) is 4.83. The Kier molecular flexibility index (Phi) is 3.26. The average Bonchev–Trinajstić information content (AvgIpc) is 2.96. The van der Waals surface area contributed by atoms with Gasteiger partial charge < -0.3 is 9.47 Å². The van der Waals surface area contributed by atoms with Gasteiger partial charge in [-0.15, -0.1) is 22.7 Å². The normalized spacial score (nSPS) is 10.1. The van der Waals surface area contributed by atoms with Gasteiger partial charge in [0.2, 0.25) is 5.78 Å². The molecule has 16 heavy (non-hydrogen) atoms. The van der Waals surface area contributed by atoms with Crippen LogP contribution >= 0.6 is 22.7 Å². The van der Waals surface area contributed by atoms with E-state index in [1.54, 1.807) is 26.4 Å². The van der Waals surface area contributed by atoms with Crippen LogP contribution < -0.4 is 9.47 Å². The first-order valence-corrected chi connectivity index (χ1v) is 6.31. The molecule has 0 bridgehead atoms. The Bertz CT molecular complexity index is 499. The molecule has 2 aromatic rings. The number of methoxy groups -OCH3 is 2. The Morgan fingerprint density at radius 1 is 1.25 bits per heavy atom. The Labute approximate surface area is 101 Å². The number of rotatable bonds is 4. The van der Waals surface area contributed by atoms with Gasteiger partial charge in [0.25, 0.3) is 0 Å². The van der Waals surface area contributed by atoms with Gasteiger partial charge in [-0.05, 0) is 11.4 Å². The third-order valence-electron chi connectivity index (χ3n) is 2.09. The van der Waals surface area contributed by atoms with Gasteiger partial charge >= 0.3 is 0 Å². The molecule has 0 aromatic carbocycles. The van der Waals surface area contributed by atoms with Gasteiger partial charge in [0.1, 0.15) is 16.4 Å². The maximum atomic E-state index is 12.1. The molecule has 0 radical (unpaired) electrons. The lowest BCUT2D eigenvalue weighted by Gasteiger charge is -1.99. The van der Waals surface area contributed by atoms with E-state index < -0.39 is 0 Å². The second kappa shape index (κ2) is 4.67. The lowest BCUT2D eigenvalue weighted by molar-refractivity contribution is 0.104. The van der Waals surface area contributed by atoms with Crippen LogP contribution in [0.15, 0.2) is 22.9 Å². The molecule has 0 unspecified atom stereocenters. The van der Waals surface area contributed by atoms with Crippen LogP contribution in [0.3, 0.4) is 0 Å². The van der Waals surface area contributed by atoms with Crippen LogP contribution in [0.2, 0.25) is 0 Å². The summed E-state index contributed by atoms with van der Waals surface area (Å²) in [4.78, 5) is 13.4. The van der Waals surface area contributed by atoms with Crippen molar-refractivity contribution in [3.8, 4) is 11.5 Å². The van der Waals surface area contributed by atoms with E-state index >= 15 is 0 Å². The lowest BCUT2D eigenvalue weighted by atomic mass is 10.2. The minimum Gasteiger partial charge on any atom is -0.496 e. The summed E-state index contributed by atoms with van der Waals surface area (Å²) < 4.78 is 10.2. The highest BCUT2D eigenvalue weighted by Crippen LogP contribution is 2.30. The molecule has 3 nitrogen and oxygen atoms in total. The van der Waals surface area contributed by atoms with Crippen molar-refractivity contribution in [1.29, 1.82) is 0 Å². The maximum Gasteiger partial charge on any atom is 0.216 e. The van der Waals surface area contributed by atoms with Crippen molar-refractivity contribution in [2.75, 3.05) is 14.2 Å². The molecule has 84 valence electrons. The second-order valence-electron chi connectivity index (χ2n) is 3.00. The topological polar surface area (TPSA) is 35.5 Å². The number of carbonyl (C=O) groups excluding carboxylic acids is 1. The summed E-state index contributed by atoms with van der Waals surface area (Å²) in [5, 5.41) is 3.66. The molecule has 0 N–H and O–H groups in total. The summed E-state index contributed by atoms with van der Waals surface area (Å²) in [6, 6.07) is 3.54. The molecule has 0 atom stereocenters. The van der Waals surface area contributed by atoms with Crippen molar-refractivity contribution in [3.05, 3.63) is 32.6 Å². The van der Waals surface area contributed by atoms with Crippen LogP contribution in [-0.2, 0) is 0 Å². The van der Waals surface area contributed by atoms with Gasteiger partial charge in [0.05, 0.1) is 19.1 Å². The molecule has 0 aliphatic carbocycles. The van der Waals surface area contributed by atoms with Crippen LogP contribution in [0.4, 0.5) is 0 Å². The Morgan fingerprint density at radius 2 is 2.06 bits per heavy atom. The average molecular weight is 254 g/mol. The van der Waals surface area contributed by atoms with Crippen LogP contribution in [0.25, 0.3) is 0 Å². The van der Waals surface area contributed by atoms with Gasteiger partial charge in [0.15, 0.2) is 0 Å². The highest BCUT2D eigenvalue weighted by atomic mass is 32.1. The fraction of sp³-hybridized carbons (Fsp3) is 0.182. The first-order valence-electron chi connectivity index (χ1n) is 4.55. The molecule has 0 aliphatic heterocycles. The van der Waals surface area contributed by atoms with Gasteiger partial charge in [-0.1, -0.05) is 0 Å². The van der Waals surface area contributed by atoms with Gasteiger partial charge in [0, 0.05) is 11.4 Å². The Hall–Kier alpha value is -1.33. The molecule has 0 fully saturated rings. The Balaban J connectivity index is 2.31. The van der Waals surface area contributed by atoms with E-state index in [0.29, 0.717) is 21.3 Å². The molecule has 0 spiro atoms. The number of hydrogen-bond donors (Lipinski definition) is 0. The molecule has 5 heteroatoms. The van der Waals surface area contributed by atoms with E-state index in [-0.39, 0.29) is 5.78 Å². The minimum absolute atomic E-state index is 0.0137. The van der Waals surface area contributed by atoms with Crippen molar-refractivity contribution in [2.24, 2.45) is 0 Å². The largest absolute Gasteiger partial charge is 0.496 e. The SMILES string of the molecule is COc1csc(C(=O)c2sccc2OC)c1. The summed E-state index contributed by atoms with van der Waals surface area (Å²) in [7, 11) is 3.15. The fourth-order valence-corrected chi connectivity index (χ4v) is 2.96. The third-order valence-corrected chi connectivity index (χ3v) is 3.89. The zero-order valence-electron chi connectivity index (χ0n) is 8.85. The predicted molar refractivity (Wildman–Crippen MR) is 65.2 cm³/mol. The van der Waals surface area contributed by atoms with Gasteiger partial charge in [-0.2, -0.15) is 0 Å². The van der Waals surface area contributed by atoms with E-state index in [1.807, 2.05) is 10.8 Å². The quantitative estimate of drug-likeness (QED) is 0.787. The first-order chi connectivity index (χ1) is 7.76.